The molecule has 0 aliphatic rings. The molecule has 1 unspecified atom stereocenters. The summed E-state index contributed by atoms with van der Waals surface area (Å²) >= 11 is 1.18. The zero-order chi connectivity index (χ0) is 18.8. The van der Waals surface area contributed by atoms with Crippen LogP contribution in [0.15, 0.2) is 29.2 Å². The lowest BCUT2D eigenvalue weighted by Gasteiger charge is -2.18. The molecular weight excluding hydrogens is 370 g/mol. The molecule has 0 bridgehead atoms. The third-order valence-electron chi connectivity index (χ3n) is 3.34. The Morgan fingerprint density at radius 2 is 2.00 bits per heavy atom. The van der Waals surface area contributed by atoms with E-state index >= 15 is 0 Å². The van der Waals surface area contributed by atoms with Gasteiger partial charge in [0.15, 0.2) is 5.60 Å². The Morgan fingerprint density at radius 1 is 1.32 bits per heavy atom. The largest absolute Gasteiger partial charge is 0.479 e. The summed E-state index contributed by atoms with van der Waals surface area (Å²) in [5, 5.41) is 19.0. The normalized spacial score (nSPS) is 14.2. The molecule has 0 saturated carbocycles. The Hall–Kier alpha value is -2.01. The van der Waals surface area contributed by atoms with Crippen LogP contribution in [0, 0.1) is 0 Å². The Labute approximate surface area is 148 Å². The molecule has 2 aromatic rings. The van der Waals surface area contributed by atoms with Crippen LogP contribution >= 0.6 is 11.3 Å². The molecule has 0 spiro atoms. The van der Waals surface area contributed by atoms with Crippen LogP contribution in [0.2, 0.25) is 0 Å². The lowest BCUT2D eigenvalue weighted by atomic mass is 10.1. The van der Waals surface area contributed by atoms with Crippen molar-refractivity contribution in [3.8, 4) is 0 Å². The standard InChI is InChI=1S/C15H17NO7S2/c1-3-23-13(17)12-7-9-6-10(4-5-11(9)24-12)25(21,22)16-8-15(2,20)14(18)19/h4-7,16,20H,3,8H2,1-2H3,(H,18,19). The molecule has 8 nitrogen and oxygen atoms in total. The molecule has 3 N–H and O–H groups in total. The van der Waals surface area contributed by atoms with Gasteiger partial charge in [-0.05, 0) is 43.5 Å². The number of benzene rings is 1. The Morgan fingerprint density at radius 3 is 2.60 bits per heavy atom. The zero-order valence-corrected chi connectivity index (χ0v) is 15.1. The van der Waals surface area contributed by atoms with Crippen molar-refractivity contribution >= 4 is 43.4 Å². The second-order valence-corrected chi connectivity index (χ2v) is 8.29. The summed E-state index contributed by atoms with van der Waals surface area (Å²) < 4.78 is 32.3. The van der Waals surface area contributed by atoms with Gasteiger partial charge in [0.25, 0.3) is 0 Å². The summed E-state index contributed by atoms with van der Waals surface area (Å²) in [6.07, 6.45) is 0. The number of aliphatic hydroxyl groups is 1. The summed E-state index contributed by atoms with van der Waals surface area (Å²) in [5.74, 6) is -2.02. The number of rotatable bonds is 7. The van der Waals surface area contributed by atoms with Gasteiger partial charge in [-0.25, -0.2) is 22.7 Å². The fourth-order valence-corrected chi connectivity index (χ4v) is 3.99. The van der Waals surface area contributed by atoms with E-state index in [-0.39, 0.29) is 11.5 Å². The quantitative estimate of drug-likeness (QED) is 0.608. The number of carbonyl (C=O) groups excluding carboxylic acids is 1. The number of esters is 1. The molecule has 1 heterocycles. The fraction of sp³-hybridized carbons (Fsp3) is 0.333. The average molecular weight is 387 g/mol. The van der Waals surface area contributed by atoms with E-state index in [1.165, 1.54) is 29.5 Å². The number of hydrogen-bond acceptors (Lipinski definition) is 7. The first kappa shape index (κ1) is 19.3. The van der Waals surface area contributed by atoms with Gasteiger partial charge in [0.2, 0.25) is 10.0 Å². The van der Waals surface area contributed by atoms with Crippen LogP contribution < -0.4 is 4.72 Å². The smallest absolute Gasteiger partial charge is 0.348 e. The first-order valence-corrected chi connectivity index (χ1v) is 9.53. The highest BCUT2D eigenvalue weighted by molar-refractivity contribution is 7.89. The predicted molar refractivity (Wildman–Crippen MR) is 91.2 cm³/mol. The topological polar surface area (TPSA) is 130 Å². The summed E-state index contributed by atoms with van der Waals surface area (Å²) in [4.78, 5) is 22.8. The molecule has 1 atom stereocenters. The minimum Gasteiger partial charge on any atom is -0.479 e. The van der Waals surface area contributed by atoms with E-state index in [2.05, 4.69) is 4.72 Å². The summed E-state index contributed by atoms with van der Waals surface area (Å²) in [7, 11) is -4.02. The van der Waals surface area contributed by atoms with Crippen molar-refractivity contribution in [2.75, 3.05) is 13.2 Å². The van der Waals surface area contributed by atoms with Crippen LogP contribution in [0.3, 0.4) is 0 Å². The molecule has 0 saturated heterocycles. The maximum absolute atomic E-state index is 12.3. The minimum absolute atomic E-state index is 0.102. The molecule has 10 heteroatoms. The van der Waals surface area contributed by atoms with Crippen molar-refractivity contribution in [2.24, 2.45) is 0 Å². The minimum atomic E-state index is -4.02. The van der Waals surface area contributed by atoms with Crippen molar-refractivity contribution in [3.05, 3.63) is 29.1 Å². The number of carboxylic acid groups (broad SMARTS) is 1. The van der Waals surface area contributed by atoms with E-state index in [0.29, 0.717) is 15.0 Å². The molecule has 25 heavy (non-hydrogen) atoms. The Kier molecular flexibility index (Phi) is 5.47. The first-order chi connectivity index (χ1) is 11.6. The Balaban J connectivity index is 2.28. The molecule has 0 radical (unpaired) electrons. The molecule has 1 aromatic carbocycles. The van der Waals surface area contributed by atoms with Gasteiger partial charge in [0, 0.05) is 4.70 Å². The van der Waals surface area contributed by atoms with Crippen LogP contribution in [0.4, 0.5) is 0 Å². The molecule has 0 amide bonds. The highest BCUT2D eigenvalue weighted by atomic mass is 32.2. The SMILES string of the molecule is CCOC(=O)c1cc2cc(S(=O)(=O)NCC(C)(O)C(=O)O)ccc2s1. The van der Waals surface area contributed by atoms with E-state index in [1.54, 1.807) is 13.0 Å². The van der Waals surface area contributed by atoms with E-state index in [0.717, 1.165) is 6.92 Å². The van der Waals surface area contributed by atoms with Crippen molar-refractivity contribution in [2.45, 2.75) is 24.3 Å². The van der Waals surface area contributed by atoms with E-state index in [9.17, 15) is 23.1 Å². The van der Waals surface area contributed by atoms with Crippen LogP contribution in [0.5, 0.6) is 0 Å². The van der Waals surface area contributed by atoms with Gasteiger partial charge in [0.1, 0.15) is 4.88 Å². The van der Waals surface area contributed by atoms with Gasteiger partial charge in [-0.1, -0.05) is 0 Å². The average Bonchev–Trinajstić information content (AvgIpc) is 2.96. The number of thiophene rings is 1. The molecule has 0 aliphatic heterocycles. The van der Waals surface area contributed by atoms with E-state index < -0.39 is 34.1 Å². The summed E-state index contributed by atoms with van der Waals surface area (Å²) in [5.41, 5.74) is -2.23. The predicted octanol–water partition coefficient (Wildman–Crippen LogP) is 1.19. The third kappa shape index (κ3) is 4.34. The number of nitrogens with one attached hydrogen (secondary N) is 1. The van der Waals surface area contributed by atoms with Gasteiger partial charge < -0.3 is 14.9 Å². The highest BCUT2D eigenvalue weighted by Gasteiger charge is 2.31. The van der Waals surface area contributed by atoms with E-state index in [4.69, 9.17) is 9.84 Å². The number of sulfonamides is 1. The van der Waals surface area contributed by atoms with Crippen LogP contribution in [-0.4, -0.2) is 49.3 Å². The zero-order valence-electron chi connectivity index (χ0n) is 13.5. The molecule has 136 valence electrons. The molecule has 2 rings (SSSR count). The summed E-state index contributed by atoms with van der Waals surface area (Å²) in [6.45, 7) is 2.24. The molecule has 0 fully saturated rings. The van der Waals surface area contributed by atoms with Gasteiger partial charge in [-0.15, -0.1) is 11.3 Å². The number of fused-ring (bicyclic) bond motifs is 1. The summed E-state index contributed by atoms with van der Waals surface area (Å²) in [6, 6.07) is 5.79. The second kappa shape index (κ2) is 7.08. The van der Waals surface area contributed by atoms with Gasteiger partial charge in [0.05, 0.1) is 18.0 Å². The second-order valence-electron chi connectivity index (χ2n) is 5.43. The molecular formula is C15H17NO7S2. The number of carbonyl (C=O) groups is 2. The Bertz CT molecular complexity index is 915. The first-order valence-electron chi connectivity index (χ1n) is 7.23. The fourth-order valence-electron chi connectivity index (χ4n) is 1.89. The van der Waals surface area contributed by atoms with E-state index in [1.807, 2.05) is 0 Å². The third-order valence-corrected chi connectivity index (χ3v) is 5.84. The van der Waals surface area contributed by atoms with Gasteiger partial charge >= 0.3 is 11.9 Å². The lowest BCUT2D eigenvalue weighted by Crippen LogP contribution is -2.46. The highest BCUT2D eigenvalue weighted by Crippen LogP contribution is 2.28. The van der Waals surface area contributed by atoms with Crippen LogP contribution in [-0.2, 0) is 19.6 Å². The molecule has 0 aliphatic carbocycles. The van der Waals surface area contributed by atoms with Crippen molar-refractivity contribution in [1.82, 2.24) is 4.72 Å². The van der Waals surface area contributed by atoms with Crippen molar-refractivity contribution < 1.29 is 33.0 Å². The lowest BCUT2D eigenvalue weighted by molar-refractivity contribution is -0.155. The number of ether oxygens (including phenoxy) is 1. The van der Waals surface area contributed by atoms with Crippen LogP contribution in [0.25, 0.3) is 10.1 Å². The monoisotopic (exact) mass is 387 g/mol. The molecule has 1 aromatic heterocycles. The maximum atomic E-state index is 12.3. The van der Waals surface area contributed by atoms with Crippen molar-refractivity contribution in [3.63, 3.8) is 0 Å². The van der Waals surface area contributed by atoms with Crippen molar-refractivity contribution in [1.29, 1.82) is 0 Å². The maximum Gasteiger partial charge on any atom is 0.348 e. The van der Waals surface area contributed by atoms with Crippen LogP contribution in [0.1, 0.15) is 23.5 Å². The van der Waals surface area contributed by atoms with Gasteiger partial charge in [-0.2, -0.15) is 0 Å². The van der Waals surface area contributed by atoms with Gasteiger partial charge in [-0.3, -0.25) is 0 Å². The number of hydrogen-bond donors (Lipinski definition) is 3. The number of aliphatic carboxylic acids is 1. The number of carboxylic acids is 1.